The second-order valence-corrected chi connectivity index (χ2v) is 3.74. The molecule has 1 heterocycles. The summed E-state index contributed by atoms with van der Waals surface area (Å²) >= 11 is 0. The van der Waals surface area contributed by atoms with Gasteiger partial charge in [0, 0.05) is 11.9 Å². The van der Waals surface area contributed by atoms with Gasteiger partial charge in [-0.25, -0.2) is 9.78 Å². The SMILES string of the molecule is C=CCNC(=O)Nc1cccc2ccc(N)nc12. The van der Waals surface area contributed by atoms with Crippen molar-refractivity contribution in [2.24, 2.45) is 0 Å². The molecule has 2 aromatic rings. The van der Waals surface area contributed by atoms with E-state index in [0.717, 1.165) is 5.39 Å². The summed E-state index contributed by atoms with van der Waals surface area (Å²) in [7, 11) is 0. The van der Waals surface area contributed by atoms with Gasteiger partial charge < -0.3 is 16.4 Å². The lowest BCUT2D eigenvalue weighted by Crippen LogP contribution is -2.28. The minimum atomic E-state index is -0.299. The maximum Gasteiger partial charge on any atom is 0.319 e. The van der Waals surface area contributed by atoms with Crippen molar-refractivity contribution in [2.45, 2.75) is 0 Å². The quantitative estimate of drug-likeness (QED) is 0.721. The first-order valence-corrected chi connectivity index (χ1v) is 5.51. The van der Waals surface area contributed by atoms with Crippen LogP contribution in [0.15, 0.2) is 43.0 Å². The van der Waals surface area contributed by atoms with Crippen LogP contribution in [-0.2, 0) is 0 Å². The Morgan fingerprint density at radius 2 is 2.22 bits per heavy atom. The highest BCUT2D eigenvalue weighted by Crippen LogP contribution is 2.22. The number of benzene rings is 1. The first-order valence-electron chi connectivity index (χ1n) is 5.51. The second kappa shape index (κ2) is 5.18. The van der Waals surface area contributed by atoms with Crippen molar-refractivity contribution in [3.63, 3.8) is 0 Å². The van der Waals surface area contributed by atoms with Crippen molar-refractivity contribution in [1.29, 1.82) is 0 Å². The van der Waals surface area contributed by atoms with Crippen LogP contribution < -0.4 is 16.4 Å². The molecular formula is C13H14N4O. The molecule has 92 valence electrons. The van der Waals surface area contributed by atoms with E-state index in [4.69, 9.17) is 5.73 Å². The Morgan fingerprint density at radius 3 is 3.00 bits per heavy atom. The molecule has 0 aliphatic heterocycles. The zero-order valence-corrected chi connectivity index (χ0v) is 9.81. The number of nitrogen functional groups attached to an aromatic ring is 1. The molecule has 2 rings (SSSR count). The lowest BCUT2D eigenvalue weighted by atomic mass is 10.2. The zero-order valence-electron chi connectivity index (χ0n) is 9.81. The number of nitrogens with one attached hydrogen (secondary N) is 2. The molecule has 0 bridgehead atoms. The molecule has 0 aliphatic rings. The monoisotopic (exact) mass is 242 g/mol. The number of carbonyl (C=O) groups is 1. The van der Waals surface area contributed by atoms with Crippen LogP contribution in [-0.4, -0.2) is 17.6 Å². The van der Waals surface area contributed by atoms with Crippen LogP contribution in [0.2, 0.25) is 0 Å². The Balaban J connectivity index is 2.30. The van der Waals surface area contributed by atoms with Gasteiger partial charge in [-0.3, -0.25) is 0 Å². The fraction of sp³-hybridized carbons (Fsp3) is 0.0769. The molecule has 0 fully saturated rings. The normalized spacial score (nSPS) is 10.0. The number of hydrogen-bond donors (Lipinski definition) is 3. The summed E-state index contributed by atoms with van der Waals surface area (Å²) in [6.45, 7) is 3.94. The van der Waals surface area contributed by atoms with E-state index in [-0.39, 0.29) is 6.03 Å². The van der Waals surface area contributed by atoms with Gasteiger partial charge in [0.2, 0.25) is 0 Å². The third kappa shape index (κ3) is 2.57. The van der Waals surface area contributed by atoms with E-state index < -0.39 is 0 Å². The largest absolute Gasteiger partial charge is 0.384 e. The minimum absolute atomic E-state index is 0.299. The molecule has 0 saturated heterocycles. The summed E-state index contributed by atoms with van der Waals surface area (Å²) in [6, 6.07) is 8.83. The van der Waals surface area contributed by atoms with Gasteiger partial charge in [0.1, 0.15) is 5.82 Å². The predicted octanol–water partition coefficient (Wildman–Crippen LogP) is 2.12. The summed E-state index contributed by atoms with van der Waals surface area (Å²) in [5, 5.41) is 6.29. The number of aromatic nitrogens is 1. The molecule has 0 unspecified atom stereocenters. The van der Waals surface area contributed by atoms with Crippen molar-refractivity contribution in [1.82, 2.24) is 10.3 Å². The first kappa shape index (κ1) is 11.9. The Kier molecular flexibility index (Phi) is 3.43. The number of carbonyl (C=O) groups excluding carboxylic acids is 1. The van der Waals surface area contributed by atoms with E-state index in [9.17, 15) is 4.79 Å². The van der Waals surface area contributed by atoms with Gasteiger partial charge in [-0.2, -0.15) is 0 Å². The Hall–Kier alpha value is -2.56. The molecule has 4 N–H and O–H groups in total. The number of pyridine rings is 1. The smallest absolute Gasteiger partial charge is 0.319 e. The molecule has 0 saturated carbocycles. The van der Waals surface area contributed by atoms with E-state index in [2.05, 4.69) is 22.2 Å². The van der Waals surface area contributed by atoms with E-state index in [0.29, 0.717) is 23.6 Å². The Bertz CT molecular complexity index is 595. The summed E-state index contributed by atoms with van der Waals surface area (Å²) < 4.78 is 0. The third-order valence-electron chi connectivity index (χ3n) is 2.40. The average molecular weight is 242 g/mol. The molecule has 5 nitrogen and oxygen atoms in total. The van der Waals surface area contributed by atoms with Crippen molar-refractivity contribution in [2.75, 3.05) is 17.6 Å². The van der Waals surface area contributed by atoms with Crippen LogP contribution in [0.3, 0.4) is 0 Å². The van der Waals surface area contributed by atoms with Crippen LogP contribution >= 0.6 is 0 Å². The number of anilines is 2. The summed E-state index contributed by atoms with van der Waals surface area (Å²) in [5.41, 5.74) is 6.95. The number of hydrogen-bond acceptors (Lipinski definition) is 3. The van der Waals surface area contributed by atoms with E-state index >= 15 is 0 Å². The maximum atomic E-state index is 11.6. The molecule has 18 heavy (non-hydrogen) atoms. The topological polar surface area (TPSA) is 80.0 Å². The van der Waals surface area contributed by atoms with Gasteiger partial charge in [0.25, 0.3) is 0 Å². The van der Waals surface area contributed by atoms with E-state index in [1.54, 1.807) is 18.2 Å². The average Bonchev–Trinajstić information content (AvgIpc) is 2.37. The third-order valence-corrected chi connectivity index (χ3v) is 2.40. The first-order chi connectivity index (χ1) is 8.70. The van der Waals surface area contributed by atoms with Gasteiger partial charge in [-0.1, -0.05) is 18.2 Å². The zero-order chi connectivity index (χ0) is 13.0. The van der Waals surface area contributed by atoms with Crippen LogP contribution in [0, 0.1) is 0 Å². The van der Waals surface area contributed by atoms with Crippen LogP contribution in [0.1, 0.15) is 0 Å². The molecule has 5 heteroatoms. The van der Waals surface area contributed by atoms with Crippen LogP contribution in [0.5, 0.6) is 0 Å². The van der Waals surface area contributed by atoms with Gasteiger partial charge in [0.15, 0.2) is 0 Å². The standard InChI is InChI=1S/C13H14N4O/c1-2-8-15-13(18)16-10-5-3-4-9-6-7-11(14)17-12(9)10/h2-7H,1,8H2,(H2,14,17)(H2,15,16,18). The van der Waals surface area contributed by atoms with Crippen molar-refractivity contribution in [3.8, 4) is 0 Å². The van der Waals surface area contributed by atoms with Gasteiger partial charge in [-0.05, 0) is 18.2 Å². The second-order valence-electron chi connectivity index (χ2n) is 3.74. The van der Waals surface area contributed by atoms with Gasteiger partial charge in [0.05, 0.1) is 11.2 Å². The molecule has 0 radical (unpaired) electrons. The number of nitrogens with two attached hydrogens (primary N) is 1. The van der Waals surface area contributed by atoms with E-state index in [1.807, 2.05) is 18.2 Å². The summed E-state index contributed by atoms with van der Waals surface area (Å²) in [6.07, 6.45) is 1.61. The van der Waals surface area contributed by atoms with Crippen molar-refractivity contribution < 1.29 is 4.79 Å². The number of rotatable bonds is 3. The number of amides is 2. The highest BCUT2D eigenvalue weighted by molar-refractivity contribution is 6.00. The Labute approximate surface area is 105 Å². The molecule has 1 aromatic carbocycles. The molecule has 0 atom stereocenters. The maximum absolute atomic E-state index is 11.6. The molecule has 0 spiro atoms. The minimum Gasteiger partial charge on any atom is -0.384 e. The van der Waals surface area contributed by atoms with E-state index in [1.165, 1.54) is 0 Å². The van der Waals surface area contributed by atoms with Crippen molar-refractivity contribution in [3.05, 3.63) is 43.0 Å². The predicted molar refractivity (Wildman–Crippen MR) is 73.4 cm³/mol. The fourth-order valence-corrected chi connectivity index (χ4v) is 1.59. The lowest BCUT2D eigenvalue weighted by molar-refractivity contribution is 0.253. The van der Waals surface area contributed by atoms with Crippen LogP contribution in [0.25, 0.3) is 10.9 Å². The van der Waals surface area contributed by atoms with Crippen molar-refractivity contribution >= 4 is 28.4 Å². The molecule has 0 aliphatic carbocycles. The van der Waals surface area contributed by atoms with Crippen LogP contribution in [0.4, 0.5) is 16.3 Å². The summed E-state index contributed by atoms with van der Waals surface area (Å²) in [4.78, 5) is 15.8. The highest BCUT2D eigenvalue weighted by atomic mass is 16.2. The number of fused-ring (bicyclic) bond motifs is 1. The summed E-state index contributed by atoms with van der Waals surface area (Å²) in [5.74, 6) is 0.420. The molecule has 1 aromatic heterocycles. The molecule has 2 amide bonds. The fourth-order valence-electron chi connectivity index (χ4n) is 1.59. The number of urea groups is 1. The highest BCUT2D eigenvalue weighted by Gasteiger charge is 2.05. The Morgan fingerprint density at radius 1 is 1.39 bits per heavy atom. The van der Waals surface area contributed by atoms with Gasteiger partial charge >= 0.3 is 6.03 Å². The van der Waals surface area contributed by atoms with Gasteiger partial charge in [-0.15, -0.1) is 6.58 Å². The number of para-hydroxylation sites is 1. The lowest BCUT2D eigenvalue weighted by Gasteiger charge is -2.08. The molecular weight excluding hydrogens is 228 g/mol. The number of nitrogens with zero attached hydrogens (tertiary/aromatic N) is 1.